The van der Waals surface area contributed by atoms with Crippen molar-refractivity contribution in [2.45, 2.75) is 6.10 Å². The van der Waals surface area contributed by atoms with Gasteiger partial charge in [-0.25, -0.2) is 0 Å². The maximum absolute atomic E-state index is 9.50. The van der Waals surface area contributed by atoms with E-state index in [4.69, 9.17) is 21.6 Å². The van der Waals surface area contributed by atoms with Crippen molar-refractivity contribution in [1.82, 2.24) is 0 Å². The van der Waals surface area contributed by atoms with Gasteiger partial charge in [-0.1, -0.05) is 18.2 Å². The molecule has 1 atom stereocenters. The molecule has 0 bridgehead atoms. The van der Waals surface area contributed by atoms with Crippen LogP contribution >= 0.6 is 11.6 Å². The third-order valence-electron chi connectivity index (χ3n) is 2.78. The highest BCUT2D eigenvalue weighted by atomic mass is 35.5. The fourth-order valence-electron chi connectivity index (χ4n) is 1.74. The summed E-state index contributed by atoms with van der Waals surface area (Å²) in [6.07, 6.45) is -0.623. The van der Waals surface area contributed by atoms with E-state index in [1.165, 1.54) is 0 Å². The Bertz CT molecular complexity index is 640. The number of nitrogens with one attached hydrogen (secondary N) is 1. The van der Waals surface area contributed by atoms with Gasteiger partial charge < -0.3 is 15.2 Å². The minimum absolute atomic E-state index is 0.167. The number of aliphatic hydroxyl groups excluding tert-OH is 1. The average molecular weight is 303 g/mol. The zero-order valence-corrected chi connectivity index (χ0v) is 12.0. The van der Waals surface area contributed by atoms with Crippen LogP contribution in [-0.4, -0.2) is 23.6 Å². The molecule has 0 aliphatic rings. The number of alkyl halides is 1. The van der Waals surface area contributed by atoms with E-state index >= 15 is 0 Å². The topological polar surface area (TPSA) is 65.3 Å². The van der Waals surface area contributed by atoms with E-state index in [-0.39, 0.29) is 5.88 Å². The highest BCUT2D eigenvalue weighted by molar-refractivity contribution is 6.18. The van der Waals surface area contributed by atoms with Crippen molar-refractivity contribution in [2.24, 2.45) is 0 Å². The van der Waals surface area contributed by atoms with Gasteiger partial charge in [-0.15, -0.1) is 11.6 Å². The Morgan fingerprint density at radius 3 is 2.81 bits per heavy atom. The second kappa shape index (κ2) is 7.53. The molecule has 0 radical (unpaired) electrons. The number of nitriles is 1. The number of benzene rings is 2. The molecule has 21 heavy (non-hydrogen) atoms. The number of anilines is 1. The monoisotopic (exact) mass is 302 g/mol. The predicted octanol–water partition coefficient (Wildman–Crippen LogP) is 3.36. The maximum Gasteiger partial charge on any atom is 0.150 e. The van der Waals surface area contributed by atoms with Gasteiger partial charge in [-0.05, 0) is 30.3 Å². The summed E-state index contributed by atoms with van der Waals surface area (Å²) >= 11 is 5.57. The predicted molar refractivity (Wildman–Crippen MR) is 82.9 cm³/mol. The van der Waals surface area contributed by atoms with Crippen LogP contribution in [0.3, 0.4) is 0 Å². The van der Waals surface area contributed by atoms with Crippen LogP contribution in [-0.2, 0) is 0 Å². The van der Waals surface area contributed by atoms with Gasteiger partial charge >= 0.3 is 0 Å². The molecule has 2 aromatic rings. The Balaban J connectivity index is 2.14. The lowest BCUT2D eigenvalue weighted by Gasteiger charge is -2.14. The minimum Gasteiger partial charge on any atom is -0.455 e. The van der Waals surface area contributed by atoms with Crippen molar-refractivity contribution in [3.8, 4) is 17.6 Å². The minimum atomic E-state index is -0.623. The fourth-order valence-corrected chi connectivity index (χ4v) is 1.85. The molecule has 108 valence electrons. The Kier molecular flexibility index (Phi) is 5.44. The highest BCUT2D eigenvalue weighted by Crippen LogP contribution is 2.29. The molecular weight excluding hydrogens is 288 g/mol. The molecule has 2 aromatic carbocycles. The molecule has 0 amide bonds. The quantitative estimate of drug-likeness (QED) is 0.803. The number of para-hydroxylation sites is 2. The molecule has 0 aromatic heterocycles. The lowest BCUT2D eigenvalue weighted by Crippen LogP contribution is -2.20. The van der Waals surface area contributed by atoms with E-state index in [0.717, 1.165) is 5.69 Å². The Morgan fingerprint density at radius 2 is 2.05 bits per heavy atom. The van der Waals surface area contributed by atoms with E-state index in [0.29, 0.717) is 23.6 Å². The Hall–Kier alpha value is -2.22. The molecule has 0 saturated heterocycles. The first kappa shape index (κ1) is 15.2. The van der Waals surface area contributed by atoms with E-state index in [1.807, 2.05) is 24.3 Å². The number of aliphatic hydroxyl groups is 1. The Labute approximate surface area is 128 Å². The van der Waals surface area contributed by atoms with Gasteiger partial charge in [0.1, 0.15) is 5.75 Å². The largest absolute Gasteiger partial charge is 0.455 e. The van der Waals surface area contributed by atoms with Crippen LogP contribution < -0.4 is 10.1 Å². The number of rotatable bonds is 6. The zero-order chi connectivity index (χ0) is 15.1. The van der Waals surface area contributed by atoms with Gasteiger partial charge in [0.25, 0.3) is 0 Å². The molecule has 0 fully saturated rings. The zero-order valence-electron chi connectivity index (χ0n) is 11.3. The van der Waals surface area contributed by atoms with E-state index in [9.17, 15) is 5.11 Å². The van der Waals surface area contributed by atoms with Crippen molar-refractivity contribution < 1.29 is 9.84 Å². The van der Waals surface area contributed by atoms with E-state index < -0.39 is 6.10 Å². The number of hydrogen-bond donors (Lipinski definition) is 2. The number of hydrogen-bond acceptors (Lipinski definition) is 4. The van der Waals surface area contributed by atoms with Crippen LogP contribution in [0.2, 0.25) is 0 Å². The summed E-state index contributed by atoms with van der Waals surface area (Å²) in [4.78, 5) is 0. The summed E-state index contributed by atoms with van der Waals surface area (Å²) in [5, 5.41) is 21.5. The molecule has 2 rings (SSSR count). The van der Waals surface area contributed by atoms with Crippen molar-refractivity contribution >= 4 is 17.3 Å². The first-order valence-electron chi connectivity index (χ1n) is 6.48. The van der Waals surface area contributed by atoms with Crippen molar-refractivity contribution in [3.63, 3.8) is 0 Å². The van der Waals surface area contributed by atoms with Crippen LogP contribution in [0.1, 0.15) is 5.56 Å². The van der Waals surface area contributed by atoms with Crippen LogP contribution in [0.4, 0.5) is 5.69 Å². The number of nitrogens with zero attached hydrogens (tertiary/aromatic N) is 1. The highest BCUT2D eigenvalue weighted by Gasteiger charge is 2.07. The first-order chi connectivity index (χ1) is 10.2. The summed E-state index contributed by atoms with van der Waals surface area (Å²) in [6, 6.07) is 16.4. The van der Waals surface area contributed by atoms with Gasteiger partial charge in [0, 0.05) is 6.54 Å². The van der Waals surface area contributed by atoms with Gasteiger partial charge in [0.05, 0.1) is 29.3 Å². The number of halogens is 1. The molecular formula is C16H15ClN2O2. The second-order valence-corrected chi connectivity index (χ2v) is 4.74. The van der Waals surface area contributed by atoms with Crippen LogP contribution in [0.25, 0.3) is 0 Å². The second-order valence-electron chi connectivity index (χ2n) is 4.43. The molecule has 0 saturated carbocycles. The Morgan fingerprint density at radius 1 is 1.24 bits per heavy atom. The lowest BCUT2D eigenvalue weighted by atomic mass is 10.2. The summed E-state index contributed by atoms with van der Waals surface area (Å²) in [6.45, 7) is 0.335. The number of ether oxygens (including phenoxy) is 1. The van der Waals surface area contributed by atoms with Crippen LogP contribution in [0.5, 0.6) is 11.5 Å². The fraction of sp³-hybridized carbons (Fsp3) is 0.188. The van der Waals surface area contributed by atoms with Crippen LogP contribution in [0.15, 0.2) is 48.5 Å². The molecule has 0 heterocycles. The summed E-state index contributed by atoms with van der Waals surface area (Å²) in [7, 11) is 0. The molecule has 2 N–H and O–H groups in total. The van der Waals surface area contributed by atoms with Gasteiger partial charge in [-0.2, -0.15) is 5.26 Å². The van der Waals surface area contributed by atoms with E-state index in [2.05, 4.69) is 11.4 Å². The molecule has 5 heteroatoms. The third kappa shape index (κ3) is 4.38. The maximum atomic E-state index is 9.50. The molecule has 0 aliphatic carbocycles. The molecule has 1 unspecified atom stereocenters. The van der Waals surface area contributed by atoms with Crippen molar-refractivity contribution in [2.75, 3.05) is 17.7 Å². The van der Waals surface area contributed by atoms with E-state index in [1.54, 1.807) is 24.3 Å². The molecule has 0 spiro atoms. The normalized spacial score (nSPS) is 11.5. The summed E-state index contributed by atoms with van der Waals surface area (Å²) in [5.41, 5.74) is 1.29. The van der Waals surface area contributed by atoms with Crippen molar-refractivity contribution in [1.29, 1.82) is 5.26 Å². The summed E-state index contributed by atoms with van der Waals surface area (Å²) < 4.78 is 5.79. The average Bonchev–Trinajstić information content (AvgIpc) is 2.54. The molecule has 0 aliphatic heterocycles. The smallest absolute Gasteiger partial charge is 0.150 e. The standard InChI is InChI=1S/C16H15ClN2O2/c17-9-13(20)11-19-15-6-1-2-7-16(15)21-14-5-3-4-12(8-14)10-18/h1-8,13,19-20H,9,11H2. The van der Waals surface area contributed by atoms with Gasteiger partial charge in [0.2, 0.25) is 0 Å². The van der Waals surface area contributed by atoms with Gasteiger partial charge in [-0.3, -0.25) is 0 Å². The van der Waals surface area contributed by atoms with Crippen molar-refractivity contribution in [3.05, 3.63) is 54.1 Å². The third-order valence-corrected chi connectivity index (χ3v) is 3.14. The van der Waals surface area contributed by atoms with Crippen LogP contribution in [0, 0.1) is 11.3 Å². The molecule has 4 nitrogen and oxygen atoms in total. The summed E-state index contributed by atoms with van der Waals surface area (Å²) in [5.74, 6) is 1.37. The van der Waals surface area contributed by atoms with Gasteiger partial charge in [0.15, 0.2) is 5.75 Å². The first-order valence-corrected chi connectivity index (χ1v) is 7.01. The lowest BCUT2D eigenvalue weighted by molar-refractivity contribution is 0.211. The SMILES string of the molecule is N#Cc1cccc(Oc2ccccc2NCC(O)CCl)c1.